The molecule has 0 spiro atoms. The molecule has 0 radical (unpaired) electrons. The molecular formula is C17H20N4O2. The van der Waals surface area contributed by atoms with E-state index in [0.29, 0.717) is 17.5 Å². The summed E-state index contributed by atoms with van der Waals surface area (Å²) in [4.78, 5) is 19.9. The molecule has 1 aliphatic heterocycles. The molecule has 0 saturated carbocycles. The number of hydrogen-bond donors (Lipinski definition) is 2. The van der Waals surface area contributed by atoms with Crippen LogP contribution in [-0.4, -0.2) is 29.0 Å². The molecule has 6 heteroatoms. The van der Waals surface area contributed by atoms with Crippen LogP contribution in [0.2, 0.25) is 0 Å². The minimum absolute atomic E-state index is 0.0975. The lowest BCUT2D eigenvalue weighted by Crippen LogP contribution is -2.29. The second-order valence-corrected chi connectivity index (χ2v) is 5.60. The fourth-order valence-corrected chi connectivity index (χ4v) is 2.70. The largest absolute Gasteiger partial charge is 0.437 e. The van der Waals surface area contributed by atoms with E-state index in [-0.39, 0.29) is 5.91 Å². The highest BCUT2D eigenvalue weighted by molar-refractivity contribution is 5.88. The Labute approximate surface area is 135 Å². The maximum atomic E-state index is 11.0. The Kier molecular flexibility index (Phi) is 4.83. The Balaban J connectivity index is 1.76. The summed E-state index contributed by atoms with van der Waals surface area (Å²) in [6, 6.07) is 7.22. The van der Waals surface area contributed by atoms with Crippen molar-refractivity contribution in [3.63, 3.8) is 0 Å². The van der Waals surface area contributed by atoms with Crippen LogP contribution in [0.25, 0.3) is 0 Å². The van der Waals surface area contributed by atoms with Crippen LogP contribution in [0.5, 0.6) is 11.6 Å². The summed E-state index contributed by atoms with van der Waals surface area (Å²) in [6.07, 6.45) is 5.56. The van der Waals surface area contributed by atoms with Crippen LogP contribution in [-0.2, 0) is 4.79 Å². The third-order valence-corrected chi connectivity index (χ3v) is 3.76. The second-order valence-electron chi connectivity index (χ2n) is 5.60. The van der Waals surface area contributed by atoms with E-state index in [2.05, 4.69) is 20.6 Å². The maximum Gasteiger partial charge on any atom is 0.241 e. The standard InChI is InChI=1S/C17H20N4O2/c1-12(22)21-14-4-6-15(7-5-14)23-17-16(19-9-10-20-17)13-3-2-8-18-11-13/h4-7,9-10,13,18H,2-3,8,11H2,1H3,(H,21,22). The zero-order chi connectivity index (χ0) is 16.1. The Morgan fingerprint density at radius 3 is 2.74 bits per heavy atom. The SMILES string of the molecule is CC(=O)Nc1ccc(Oc2nccnc2C2CCCNC2)cc1. The summed E-state index contributed by atoms with van der Waals surface area (Å²) in [5, 5.41) is 6.11. The Morgan fingerprint density at radius 1 is 1.26 bits per heavy atom. The van der Waals surface area contributed by atoms with Gasteiger partial charge in [-0.1, -0.05) is 0 Å². The summed E-state index contributed by atoms with van der Waals surface area (Å²) in [7, 11) is 0. The van der Waals surface area contributed by atoms with Gasteiger partial charge in [-0.25, -0.2) is 4.98 Å². The predicted octanol–water partition coefficient (Wildman–Crippen LogP) is 2.69. The van der Waals surface area contributed by atoms with Crippen LogP contribution < -0.4 is 15.4 Å². The molecule has 23 heavy (non-hydrogen) atoms. The molecule has 2 aromatic rings. The molecule has 1 aromatic heterocycles. The third-order valence-electron chi connectivity index (χ3n) is 3.76. The first-order chi connectivity index (χ1) is 11.2. The van der Waals surface area contributed by atoms with E-state index in [4.69, 9.17) is 4.74 Å². The number of aromatic nitrogens is 2. The number of amides is 1. The van der Waals surface area contributed by atoms with Crippen LogP contribution in [0.15, 0.2) is 36.7 Å². The first-order valence-corrected chi connectivity index (χ1v) is 7.79. The quantitative estimate of drug-likeness (QED) is 0.908. The molecule has 1 aromatic carbocycles. The van der Waals surface area contributed by atoms with Gasteiger partial charge in [0.1, 0.15) is 11.4 Å². The highest BCUT2D eigenvalue weighted by atomic mass is 16.5. The van der Waals surface area contributed by atoms with Gasteiger partial charge in [-0.05, 0) is 43.7 Å². The number of hydrogen-bond acceptors (Lipinski definition) is 5. The topological polar surface area (TPSA) is 76.1 Å². The molecule has 1 atom stereocenters. The van der Waals surface area contributed by atoms with Crippen LogP contribution in [0.3, 0.4) is 0 Å². The maximum absolute atomic E-state index is 11.0. The number of ether oxygens (including phenoxy) is 1. The first-order valence-electron chi connectivity index (χ1n) is 7.79. The molecule has 2 heterocycles. The molecule has 1 fully saturated rings. The highest BCUT2D eigenvalue weighted by Gasteiger charge is 2.21. The van der Waals surface area contributed by atoms with Crippen molar-refractivity contribution in [2.45, 2.75) is 25.7 Å². The number of rotatable bonds is 4. The van der Waals surface area contributed by atoms with Crippen molar-refractivity contribution in [1.82, 2.24) is 15.3 Å². The first kappa shape index (κ1) is 15.4. The van der Waals surface area contributed by atoms with Crippen LogP contribution in [0.4, 0.5) is 5.69 Å². The molecule has 6 nitrogen and oxygen atoms in total. The monoisotopic (exact) mass is 312 g/mol. The van der Waals surface area contributed by atoms with Gasteiger partial charge in [0.25, 0.3) is 0 Å². The smallest absolute Gasteiger partial charge is 0.241 e. The van der Waals surface area contributed by atoms with Crippen molar-refractivity contribution in [3.05, 3.63) is 42.4 Å². The number of carbonyl (C=O) groups is 1. The minimum Gasteiger partial charge on any atom is -0.437 e. The lowest BCUT2D eigenvalue weighted by molar-refractivity contribution is -0.114. The number of carbonyl (C=O) groups excluding carboxylic acids is 1. The van der Waals surface area contributed by atoms with Gasteiger partial charge in [0, 0.05) is 37.5 Å². The molecule has 0 bridgehead atoms. The van der Waals surface area contributed by atoms with Crippen molar-refractivity contribution >= 4 is 11.6 Å². The van der Waals surface area contributed by atoms with Crippen molar-refractivity contribution in [2.75, 3.05) is 18.4 Å². The lowest BCUT2D eigenvalue weighted by atomic mass is 9.96. The number of nitrogens with zero attached hydrogens (tertiary/aromatic N) is 2. The number of piperidine rings is 1. The third kappa shape index (κ3) is 4.04. The normalized spacial score (nSPS) is 17.5. The fraction of sp³-hybridized carbons (Fsp3) is 0.353. The van der Waals surface area contributed by atoms with Crippen molar-refractivity contribution < 1.29 is 9.53 Å². The average molecular weight is 312 g/mol. The van der Waals surface area contributed by atoms with Gasteiger partial charge in [-0.3, -0.25) is 9.78 Å². The Morgan fingerprint density at radius 2 is 2.04 bits per heavy atom. The van der Waals surface area contributed by atoms with E-state index < -0.39 is 0 Å². The van der Waals surface area contributed by atoms with E-state index in [1.54, 1.807) is 24.5 Å². The summed E-state index contributed by atoms with van der Waals surface area (Å²) < 4.78 is 5.91. The molecule has 2 N–H and O–H groups in total. The molecule has 0 aliphatic carbocycles. The predicted molar refractivity (Wildman–Crippen MR) is 87.7 cm³/mol. The van der Waals surface area contributed by atoms with E-state index in [9.17, 15) is 4.79 Å². The van der Waals surface area contributed by atoms with Crippen LogP contribution in [0.1, 0.15) is 31.4 Å². The summed E-state index contributed by atoms with van der Waals surface area (Å²) in [6.45, 7) is 3.43. The summed E-state index contributed by atoms with van der Waals surface area (Å²) >= 11 is 0. The minimum atomic E-state index is -0.0975. The summed E-state index contributed by atoms with van der Waals surface area (Å²) in [5.41, 5.74) is 1.63. The van der Waals surface area contributed by atoms with Gasteiger partial charge in [0.2, 0.25) is 11.8 Å². The van der Waals surface area contributed by atoms with Crippen molar-refractivity contribution in [3.8, 4) is 11.6 Å². The lowest BCUT2D eigenvalue weighted by Gasteiger charge is -2.23. The van der Waals surface area contributed by atoms with Gasteiger partial charge < -0.3 is 15.4 Å². The fourth-order valence-electron chi connectivity index (χ4n) is 2.70. The van der Waals surface area contributed by atoms with Crippen molar-refractivity contribution in [2.24, 2.45) is 0 Å². The molecule has 120 valence electrons. The highest BCUT2D eigenvalue weighted by Crippen LogP contribution is 2.30. The van der Waals surface area contributed by atoms with Gasteiger partial charge in [0.15, 0.2) is 0 Å². The molecule has 3 rings (SSSR count). The molecule has 1 aliphatic rings. The number of anilines is 1. The van der Waals surface area contributed by atoms with Gasteiger partial charge in [-0.2, -0.15) is 0 Å². The Hall–Kier alpha value is -2.47. The van der Waals surface area contributed by atoms with Crippen LogP contribution >= 0.6 is 0 Å². The summed E-state index contributed by atoms with van der Waals surface area (Å²) in [5.74, 6) is 1.45. The zero-order valence-corrected chi connectivity index (χ0v) is 13.1. The zero-order valence-electron chi connectivity index (χ0n) is 13.1. The Bertz CT molecular complexity index is 667. The molecule has 1 unspecified atom stereocenters. The van der Waals surface area contributed by atoms with Crippen molar-refractivity contribution in [1.29, 1.82) is 0 Å². The number of nitrogens with one attached hydrogen (secondary N) is 2. The molecule has 1 saturated heterocycles. The molecular weight excluding hydrogens is 292 g/mol. The van der Waals surface area contributed by atoms with Crippen LogP contribution in [0, 0.1) is 0 Å². The average Bonchev–Trinajstić information content (AvgIpc) is 2.57. The molecule has 1 amide bonds. The van der Waals surface area contributed by atoms with E-state index in [0.717, 1.165) is 37.3 Å². The number of benzene rings is 1. The van der Waals surface area contributed by atoms with E-state index >= 15 is 0 Å². The van der Waals surface area contributed by atoms with Gasteiger partial charge in [-0.15, -0.1) is 0 Å². The van der Waals surface area contributed by atoms with E-state index in [1.807, 2.05) is 12.1 Å². The van der Waals surface area contributed by atoms with E-state index in [1.165, 1.54) is 6.92 Å². The second kappa shape index (κ2) is 7.19. The van der Waals surface area contributed by atoms with Gasteiger partial charge >= 0.3 is 0 Å². The van der Waals surface area contributed by atoms with Gasteiger partial charge in [0.05, 0.1) is 0 Å².